The molecule has 3 heterocycles. The number of nitrogens with zero attached hydrogens (tertiary/aromatic N) is 5. The number of hydrogen-bond acceptors (Lipinski definition) is 5. The van der Waals surface area contributed by atoms with E-state index in [0.717, 1.165) is 77.1 Å². The van der Waals surface area contributed by atoms with Crippen molar-refractivity contribution in [3.05, 3.63) is 169 Å². The maximum atomic E-state index is 9.32. The number of benzene rings is 7. The predicted molar refractivity (Wildman–Crippen MR) is 208 cm³/mol. The van der Waals surface area contributed by atoms with E-state index in [4.69, 9.17) is 19.4 Å². The molecule has 7 aromatic carbocycles. The first-order valence-corrected chi connectivity index (χ1v) is 17.1. The zero-order chi connectivity index (χ0) is 34.6. The van der Waals surface area contributed by atoms with E-state index in [1.807, 2.05) is 72.8 Å². The maximum absolute atomic E-state index is 9.32. The summed E-state index contributed by atoms with van der Waals surface area (Å²) in [5, 5.41) is 13.6. The Morgan fingerprint density at radius 2 is 1.06 bits per heavy atom. The number of fused-ring (bicyclic) bond motifs is 6. The molecule has 242 valence electrons. The first-order valence-electron chi connectivity index (χ1n) is 17.1. The van der Waals surface area contributed by atoms with Crippen LogP contribution in [-0.4, -0.2) is 19.5 Å². The zero-order valence-electron chi connectivity index (χ0n) is 27.7. The number of rotatable bonds is 5. The summed E-state index contributed by atoms with van der Waals surface area (Å²) in [5.74, 6) is 1.66. The van der Waals surface area contributed by atoms with Gasteiger partial charge < -0.3 is 4.42 Å². The molecule has 10 rings (SSSR count). The van der Waals surface area contributed by atoms with Gasteiger partial charge in [0.05, 0.1) is 22.7 Å². The van der Waals surface area contributed by atoms with Crippen LogP contribution >= 0.6 is 0 Å². The second kappa shape index (κ2) is 11.9. The van der Waals surface area contributed by atoms with Gasteiger partial charge in [-0.1, -0.05) is 121 Å². The molecule has 0 unspecified atom stereocenters. The maximum Gasteiger partial charge on any atom is 0.238 e. The highest BCUT2D eigenvalue weighted by Gasteiger charge is 2.19. The number of aromatic nitrogens is 4. The molecular weight excluding hydrogens is 639 g/mol. The molecule has 0 aliphatic heterocycles. The van der Waals surface area contributed by atoms with Crippen molar-refractivity contribution in [2.75, 3.05) is 0 Å². The van der Waals surface area contributed by atoms with Crippen molar-refractivity contribution in [1.29, 1.82) is 5.26 Å². The Morgan fingerprint density at radius 3 is 1.77 bits per heavy atom. The van der Waals surface area contributed by atoms with Crippen LogP contribution in [0.15, 0.2) is 168 Å². The van der Waals surface area contributed by atoms with Crippen LogP contribution in [0.2, 0.25) is 0 Å². The summed E-state index contributed by atoms with van der Waals surface area (Å²) in [6.07, 6.45) is 0. The minimum absolute atomic E-state index is 0.539. The second-order valence-electron chi connectivity index (χ2n) is 12.8. The van der Waals surface area contributed by atoms with Gasteiger partial charge in [-0.2, -0.15) is 15.2 Å². The Hall–Kier alpha value is -7.36. The van der Waals surface area contributed by atoms with Gasteiger partial charge >= 0.3 is 0 Å². The van der Waals surface area contributed by atoms with E-state index >= 15 is 0 Å². The lowest BCUT2D eigenvalue weighted by molar-refractivity contribution is 0.669. The smallest absolute Gasteiger partial charge is 0.238 e. The van der Waals surface area contributed by atoms with Gasteiger partial charge in [-0.25, -0.2) is 4.98 Å². The van der Waals surface area contributed by atoms with Gasteiger partial charge in [-0.3, -0.25) is 4.57 Å². The third kappa shape index (κ3) is 4.84. The third-order valence-electron chi connectivity index (χ3n) is 9.73. The molecule has 10 aromatic rings. The summed E-state index contributed by atoms with van der Waals surface area (Å²) < 4.78 is 8.61. The van der Waals surface area contributed by atoms with E-state index in [1.54, 1.807) is 0 Å². The summed E-state index contributed by atoms with van der Waals surface area (Å²) >= 11 is 0. The van der Waals surface area contributed by atoms with Crippen molar-refractivity contribution >= 4 is 43.7 Å². The summed E-state index contributed by atoms with van der Waals surface area (Å²) in [6.45, 7) is 0. The molecule has 0 amide bonds. The first kappa shape index (κ1) is 29.5. The van der Waals surface area contributed by atoms with Gasteiger partial charge in [0.2, 0.25) is 5.95 Å². The molecule has 0 radical (unpaired) electrons. The second-order valence-corrected chi connectivity index (χ2v) is 12.8. The molecule has 0 N–H and O–H groups in total. The van der Waals surface area contributed by atoms with Crippen molar-refractivity contribution < 1.29 is 4.42 Å². The average Bonchev–Trinajstić information content (AvgIpc) is 3.77. The lowest BCUT2D eigenvalue weighted by atomic mass is 9.98. The fraction of sp³-hybridized carbons (Fsp3) is 0. The van der Waals surface area contributed by atoms with E-state index < -0.39 is 0 Å². The van der Waals surface area contributed by atoms with Crippen molar-refractivity contribution in [1.82, 2.24) is 19.5 Å². The fourth-order valence-corrected chi connectivity index (χ4v) is 7.23. The summed E-state index contributed by atoms with van der Waals surface area (Å²) in [5.41, 5.74) is 10.2. The molecule has 0 atom stereocenters. The van der Waals surface area contributed by atoms with Crippen LogP contribution in [-0.2, 0) is 0 Å². The molecule has 0 fully saturated rings. The van der Waals surface area contributed by atoms with Crippen LogP contribution in [0.3, 0.4) is 0 Å². The van der Waals surface area contributed by atoms with Gasteiger partial charge in [0.1, 0.15) is 11.2 Å². The van der Waals surface area contributed by atoms with Gasteiger partial charge in [-0.15, -0.1) is 0 Å². The lowest BCUT2D eigenvalue weighted by Crippen LogP contribution is -2.06. The number of nitriles is 1. The number of hydrogen-bond donors (Lipinski definition) is 0. The van der Waals surface area contributed by atoms with Crippen LogP contribution in [0.1, 0.15) is 5.56 Å². The Balaban J connectivity index is 1.16. The normalized spacial score (nSPS) is 11.4. The molecule has 0 saturated heterocycles. The lowest BCUT2D eigenvalue weighted by Gasteiger charge is -2.11. The number of furan rings is 1. The molecule has 6 nitrogen and oxygen atoms in total. The van der Waals surface area contributed by atoms with Crippen LogP contribution < -0.4 is 0 Å². The van der Waals surface area contributed by atoms with Crippen molar-refractivity contribution in [3.63, 3.8) is 0 Å². The SMILES string of the molecule is N#Cc1ccc(-c2cccc3oc4cc(-c5nc(-c6ccc(-c7ccccc7)cc6)nc(-n6c7ccccc7c7ccccc76)n5)ccc4c23)cc1. The highest BCUT2D eigenvalue weighted by atomic mass is 16.3. The minimum Gasteiger partial charge on any atom is -0.456 e. The number of para-hydroxylation sites is 2. The van der Waals surface area contributed by atoms with Crippen LogP contribution in [0.4, 0.5) is 0 Å². The monoisotopic (exact) mass is 665 g/mol. The highest BCUT2D eigenvalue weighted by molar-refractivity contribution is 6.13. The summed E-state index contributed by atoms with van der Waals surface area (Å²) in [6, 6.07) is 57.5. The third-order valence-corrected chi connectivity index (χ3v) is 9.73. The molecule has 3 aromatic heterocycles. The van der Waals surface area contributed by atoms with Crippen LogP contribution in [0.5, 0.6) is 0 Å². The Kier molecular flexibility index (Phi) is 6.76. The van der Waals surface area contributed by atoms with Crippen molar-refractivity contribution in [2.45, 2.75) is 0 Å². The minimum atomic E-state index is 0.539. The highest BCUT2D eigenvalue weighted by Crippen LogP contribution is 2.39. The van der Waals surface area contributed by atoms with E-state index in [2.05, 4.69) is 102 Å². The van der Waals surface area contributed by atoms with E-state index in [9.17, 15) is 5.26 Å². The average molecular weight is 666 g/mol. The Labute approximate surface area is 298 Å². The van der Waals surface area contributed by atoms with Crippen molar-refractivity contribution in [3.8, 4) is 57.0 Å². The fourth-order valence-electron chi connectivity index (χ4n) is 7.23. The summed E-state index contributed by atoms with van der Waals surface area (Å²) in [7, 11) is 0. The van der Waals surface area contributed by atoms with E-state index in [-0.39, 0.29) is 0 Å². The van der Waals surface area contributed by atoms with E-state index in [0.29, 0.717) is 23.2 Å². The first-order chi connectivity index (χ1) is 25.7. The molecule has 0 spiro atoms. The van der Waals surface area contributed by atoms with Crippen molar-refractivity contribution in [2.24, 2.45) is 0 Å². The molecule has 6 heteroatoms. The van der Waals surface area contributed by atoms with Crippen LogP contribution in [0.25, 0.3) is 94.7 Å². The molecule has 0 saturated carbocycles. The molecule has 0 aliphatic rings. The van der Waals surface area contributed by atoms with Gasteiger partial charge in [0, 0.05) is 32.7 Å². The van der Waals surface area contributed by atoms with E-state index in [1.165, 1.54) is 0 Å². The largest absolute Gasteiger partial charge is 0.456 e. The van der Waals surface area contributed by atoms with Gasteiger partial charge in [0.15, 0.2) is 11.6 Å². The van der Waals surface area contributed by atoms with Gasteiger partial charge in [0.25, 0.3) is 0 Å². The molecule has 0 bridgehead atoms. The molecule has 0 aliphatic carbocycles. The predicted octanol–water partition coefficient (Wildman–Crippen LogP) is 11.4. The van der Waals surface area contributed by atoms with Crippen LogP contribution in [0, 0.1) is 11.3 Å². The molecular formula is C46H27N5O. The zero-order valence-corrected chi connectivity index (χ0v) is 27.7. The molecule has 52 heavy (non-hydrogen) atoms. The van der Waals surface area contributed by atoms with Gasteiger partial charge in [-0.05, 0) is 64.7 Å². The Morgan fingerprint density at radius 1 is 0.462 bits per heavy atom. The quantitative estimate of drug-likeness (QED) is 0.183. The Bertz CT molecular complexity index is 2950. The standard InChI is InChI=1S/C46H27N5O/c47-28-29-17-19-32(20-18-29)35-13-8-16-41-43(35)38-26-25-34(27-42(38)52-41)45-48-44(33-23-21-31(22-24-33)30-9-2-1-3-10-30)49-46(50-45)51-39-14-6-4-11-36(39)37-12-5-7-15-40(37)51/h1-27H. The summed E-state index contributed by atoms with van der Waals surface area (Å²) in [4.78, 5) is 15.4. The topological polar surface area (TPSA) is 80.5 Å².